The van der Waals surface area contributed by atoms with Crippen molar-refractivity contribution in [3.63, 3.8) is 0 Å². The summed E-state index contributed by atoms with van der Waals surface area (Å²) in [5.74, 6) is 0.397. The minimum Gasteiger partial charge on any atom is -0.462 e. The van der Waals surface area contributed by atoms with Crippen LogP contribution in [0.2, 0.25) is 0 Å². The van der Waals surface area contributed by atoms with Crippen molar-refractivity contribution in [2.24, 2.45) is 0 Å². The van der Waals surface area contributed by atoms with Gasteiger partial charge in [-0.3, -0.25) is 0 Å². The zero-order valence-electron chi connectivity index (χ0n) is 10.6. The molecule has 5 nitrogen and oxygen atoms in total. The molecule has 0 fully saturated rings. The Bertz CT molecular complexity index is 511. The molecule has 0 spiro atoms. The van der Waals surface area contributed by atoms with E-state index in [1.54, 1.807) is 36.6 Å². The summed E-state index contributed by atoms with van der Waals surface area (Å²) in [5.41, 5.74) is 0.465. The largest absolute Gasteiger partial charge is 0.462 e. The van der Waals surface area contributed by atoms with Crippen molar-refractivity contribution in [2.45, 2.75) is 13.3 Å². The van der Waals surface area contributed by atoms with Crippen molar-refractivity contribution in [3.05, 3.63) is 40.5 Å². The summed E-state index contributed by atoms with van der Waals surface area (Å²) >= 11 is 1.64. The molecule has 1 N–H and O–H groups in total. The highest BCUT2D eigenvalue weighted by molar-refractivity contribution is 7.09. The van der Waals surface area contributed by atoms with E-state index in [9.17, 15) is 4.79 Å². The fourth-order valence-corrected chi connectivity index (χ4v) is 2.13. The minimum atomic E-state index is -0.343. The molecule has 0 atom stereocenters. The highest BCUT2D eigenvalue weighted by Gasteiger charge is 2.06. The van der Waals surface area contributed by atoms with Gasteiger partial charge in [0.05, 0.1) is 17.2 Å². The van der Waals surface area contributed by atoms with E-state index < -0.39 is 0 Å². The molecule has 0 unspecified atom stereocenters. The molecule has 0 aliphatic heterocycles. The predicted octanol–water partition coefficient (Wildman–Crippen LogP) is 2.37. The Hall–Kier alpha value is -1.95. The van der Waals surface area contributed by atoms with Gasteiger partial charge in [-0.25, -0.2) is 14.8 Å². The number of rotatable bonds is 6. The second-order valence-electron chi connectivity index (χ2n) is 3.76. The molecule has 0 amide bonds. The number of carbonyl (C=O) groups excluding carboxylic acids is 1. The first-order valence-electron chi connectivity index (χ1n) is 6.05. The minimum absolute atomic E-state index is 0.343. The third kappa shape index (κ3) is 4.03. The SMILES string of the molecule is CCOC(=O)c1ccc(NCCc2nccs2)nc1. The van der Waals surface area contributed by atoms with E-state index in [1.807, 2.05) is 5.38 Å². The second-order valence-corrected chi connectivity index (χ2v) is 4.73. The van der Waals surface area contributed by atoms with Gasteiger partial charge in [-0.1, -0.05) is 0 Å². The van der Waals surface area contributed by atoms with Gasteiger partial charge in [0.25, 0.3) is 0 Å². The Morgan fingerprint density at radius 2 is 2.32 bits per heavy atom. The van der Waals surface area contributed by atoms with E-state index in [0.29, 0.717) is 12.2 Å². The maximum Gasteiger partial charge on any atom is 0.339 e. The monoisotopic (exact) mass is 277 g/mol. The fraction of sp³-hybridized carbons (Fsp3) is 0.308. The second kappa shape index (κ2) is 6.84. The Morgan fingerprint density at radius 1 is 1.42 bits per heavy atom. The van der Waals surface area contributed by atoms with Gasteiger partial charge in [-0.15, -0.1) is 11.3 Å². The number of hydrogen-bond acceptors (Lipinski definition) is 6. The quantitative estimate of drug-likeness (QED) is 0.821. The van der Waals surface area contributed by atoms with E-state index in [-0.39, 0.29) is 5.97 Å². The number of carbonyl (C=O) groups is 1. The van der Waals surface area contributed by atoms with Gasteiger partial charge in [-0.2, -0.15) is 0 Å². The molecule has 2 rings (SSSR count). The van der Waals surface area contributed by atoms with Crippen LogP contribution >= 0.6 is 11.3 Å². The van der Waals surface area contributed by atoms with Crippen LogP contribution in [-0.4, -0.2) is 29.1 Å². The number of pyridine rings is 1. The molecule has 0 saturated heterocycles. The first-order valence-corrected chi connectivity index (χ1v) is 6.93. The van der Waals surface area contributed by atoms with Crippen LogP contribution in [0.25, 0.3) is 0 Å². The first kappa shape index (κ1) is 13.5. The van der Waals surface area contributed by atoms with Crippen LogP contribution in [0, 0.1) is 0 Å². The normalized spacial score (nSPS) is 10.2. The molecule has 19 heavy (non-hydrogen) atoms. The number of aromatic nitrogens is 2. The van der Waals surface area contributed by atoms with Crippen molar-refractivity contribution in [1.29, 1.82) is 0 Å². The van der Waals surface area contributed by atoms with Crippen LogP contribution in [0.15, 0.2) is 29.9 Å². The topological polar surface area (TPSA) is 64.1 Å². The van der Waals surface area contributed by atoms with Crippen LogP contribution in [-0.2, 0) is 11.2 Å². The van der Waals surface area contributed by atoms with E-state index in [0.717, 1.165) is 23.8 Å². The summed E-state index contributed by atoms with van der Waals surface area (Å²) in [7, 11) is 0. The van der Waals surface area contributed by atoms with Crippen molar-refractivity contribution in [3.8, 4) is 0 Å². The number of anilines is 1. The summed E-state index contributed by atoms with van der Waals surface area (Å²) < 4.78 is 4.89. The summed E-state index contributed by atoms with van der Waals surface area (Å²) in [5, 5.41) is 6.24. The van der Waals surface area contributed by atoms with Gasteiger partial charge in [-0.05, 0) is 19.1 Å². The molecule has 6 heteroatoms. The van der Waals surface area contributed by atoms with Crippen LogP contribution in [0.4, 0.5) is 5.82 Å². The van der Waals surface area contributed by atoms with Crippen molar-refractivity contribution < 1.29 is 9.53 Å². The lowest BCUT2D eigenvalue weighted by atomic mass is 10.3. The lowest BCUT2D eigenvalue weighted by molar-refractivity contribution is 0.0526. The lowest BCUT2D eigenvalue weighted by Gasteiger charge is -2.05. The maximum atomic E-state index is 11.4. The molecule has 0 aliphatic rings. The molecule has 0 radical (unpaired) electrons. The molecule has 2 heterocycles. The van der Waals surface area contributed by atoms with Gasteiger partial charge in [0.1, 0.15) is 5.82 Å². The summed E-state index contributed by atoms with van der Waals surface area (Å²) in [4.78, 5) is 19.8. The first-order chi connectivity index (χ1) is 9.29. The summed E-state index contributed by atoms with van der Waals surface area (Å²) in [6.07, 6.45) is 4.18. The number of hydrogen-bond donors (Lipinski definition) is 1. The van der Waals surface area contributed by atoms with Crippen molar-refractivity contribution in [1.82, 2.24) is 9.97 Å². The highest BCUT2D eigenvalue weighted by Crippen LogP contribution is 2.08. The fourth-order valence-electron chi connectivity index (χ4n) is 1.51. The highest BCUT2D eigenvalue weighted by atomic mass is 32.1. The standard InChI is InChI=1S/C13H15N3O2S/c1-2-18-13(17)10-3-4-11(16-9-10)14-6-5-12-15-7-8-19-12/h3-4,7-9H,2,5-6H2,1H3,(H,14,16). The van der Waals surface area contributed by atoms with Crippen LogP contribution in [0.3, 0.4) is 0 Å². The molecular weight excluding hydrogens is 262 g/mol. The third-order valence-electron chi connectivity index (χ3n) is 2.40. The average Bonchev–Trinajstić information content (AvgIpc) is 2.93. The van der Waals surface area contributed by atoms with Crippen LogP contribution in [0.5, 0.6) is 0 Å². The van der Waals surface area contributed by atoms with Crippen molar-refractivity contribution in [2.75, 3.05) is 18.5 Å². The van der Waals surface area contributed by atoms with Crippen LogP contribution < -0.4 is 5.32 Å². The van der Waals surface area contributed by atoms with E-state index in [1.165, 1.54) is 6.20 Å². The van der Waals surface area contributed by atoms with Gasteiger partial charge in [0.2, 0.25) is 0 Å². The number of ether oxygens (including phenoxy) is 1. The van der Waals surface area contributed by atoms with E-state index in [4.69, 9.17) is 4.74 Å². The van der Waals surface area contributed by atoms with Gasteiger partial charge in [0, 0.05) is 30.7 Å². The van der Waals surface area contributed by atoms with E-state index >= 15 is 0 Å². The van der Waals surface area contributed by atoms with Crippen LogP contribution in [0.1, 0.15) is 22.3 Å². The molecule has 0 aliphatic carbocycles. The molecule has 2 aromatic heterocycles. The van der Waals surface area contributed by atoms with E-state index in [2.05, 4.69) is 15.3 Å². The Kier molecular flexibility index (Phi) is 4.85. The average molecular weight is 277 g/mol. The maximum absolute atomic E-state index is 11.4. The summed E-state index contributed by atoms with van der Waals surface area (Å²) in [6.45, 7) is 2.91. The molecule has 0 bridgehead atoms. The smallest absolute Gasteiger partial charge is 0.339 e. The zero-order valence-corrected chi connectivity index (χ0v) is 11.4. The van der Waals surface area contributed by atoms with Gasteiger partial charge in [0.15, 0.2) is 0 Å². The molecule has 0 aromatic carbocycles. The lowest BCUT2D eigenvalue weighted by Crippen LogP contribution is -2.08. The summed E-state index contributed by atoms with van der Waals surface area (Å²) in [6, 6.07) is 3.48. The number of esters is 1. The molecule has 100 valence electrons. The predicted molar refractivity (Wildman–Crippen MR) is 74.5 cm³/mol. The molecule has 2 aromatic rings. The molecule has 0 saturated carbocycles. The third-order valence-corrected chi connectivity index (χ3v) is 3.24. The zero-order chi connectivity index (χ0) is 13.5. The Morgan fingerprint density at radius 3 is 2.95 bits per heavy atom. The number of nitrogens with zero attached hydrogens (tertiary/aromatic N) is 2. The van der Waals surface area contributed by atoms with Gasteiger partial charge >= 0.3 is 5.97 Å². The Balaban J connectivity index is 1.83. The molecular formula is C13H15N3O2S. The van der Waals surface area contributed by atoms with Crippen molar-refractivity contribution >= 4 is 23.1 Å². The Labute approximate surface area is 115 Å². The van der Waals surface area contributed by atoms with Gasteiger partial charge < -0.3 is 10.1 Å². The number of nitrogens with one attached hydrogen (secondary N) is 1. The number of thiazole rings is 1.